The summed E-state index contributed by atoms with van der Waals surface area (Å²) in [4.78, 5) is 14.7. The molecule has 3 atom stereocenters. The number of fused-ring (bicyclic) bond motifs is 1. The summed E-state index contributed by atoms with van der Waals surface area (Å²) in [7, 11) is 0. The molecule has 0 aromatic carbocycles. The van der Waals surface area contributed by atoms with Crippen molar-refractivity contribution < 1.29 is 18.1 Å². The predicted octanol–water partition coefficient (Wildman–Crippen LogP) is 3.85. The third-order valence-electron chi connectivity index (χ3n) is 5.92. The van der Waals surface area contributed by atoms with E-state index in [0.29, 0.717) is 42.5 Å². The van der Waals surface area contributed by atoms with E-state index in [4.69, 9.17) is 4.52 Å². The SMILES string of the molecule is Cc1cc2n(n1)[C@@H](C(F)F)C[C@@H](C1CCCN(C(=O)c3cc(C(C)C)on3)C1)N2. The number of hydrogen-bond acceptors (Lipinski definition) is 5. The van der Waals surface area contributed by atoms with Gasteiger partial charge in [0.05, 0.1) is 5.69 Å². The van der Waals surface area contributed by atoms with Crippen LogP contribution < -0.4 is 5.32 Å². The molecular formula is C20H27F2N5O2. The van der Waals surface area contributed by atoms with Crippen molar-refractivity contribution in [1.29, 1.82) is 0 Å². The van der Waals surface area contributed by atoms with Crippen LogP contribution in [-0.2, 0) is 0 Å². The van der Waals surface area contributed by atoms with Crippen molar-refractivity contribution in [1.82, 2.24) is 19.8 Å². The number of rotatable bonds is 4. The molecule has 1 saturated heterocycles. The number of piperidine rings is 1. The van der Waals surface area contributed by atoms with Gasteiger partial charge in [-0.15, -0.1) is 0 Å². The summed E-state index contributed by atoms with van der Waals surface area (Å²) in [6.07, 6.45) is -0.467. The van der Waals surface area contributed by atoms with E-state index in [9.17, 15) is 13.6 Å². The number of alkyl halides is 2. The lowest BCUT2D eigenvalue weighted by Crippen LogP contribution is -2.48. The van der Waals surface area contributed by atoms with Crippen LogP contribution in [0.4, 0.5) is 14.6 Å². The minimum absolute atomic E-state index is 0.0920. The van der Waals surface area contributed by atoms with Gasteiger partial charge in [-0.2, -0.15) is 5.10 Å². The largest absolute Gasteiger partial charge is 0.367 e. The number of anilines is 1. The van der Waals surface area contributed by atoms with E-state index in [1.165, 1.54) is 4.68 Å². The highest BCUT2D eigenvalue weighted by molar-refractivity contribution is 5.92. The maximum absolute atomic E-state index is 13.7. The molecule has 0 spiro atoms. The Kier molecular flexibility index (Phi) is 5.31. The lowest BCUT2D eigenvalue weighted by atomic mass is 9.86. The first-order valence-electron chi connectivity index (χ1n) is 10.2. The van der Waals surface area contributed by atoms with E-state index in [0.717, 1.165) is 12.8 Å². The van der Waals surface area contributed by atoms with E-state index in [-0.39, 0.29) is 23.8 Å². The Morgan fingerprint density at radius 1 is 1.34 bits per heavy atom. The van der Waals surface area contributed by atoms with E-state index in [1.54, 1.807) is 24.0 Å². The van der Waals surface area contributed by atoms with Crippen LogP contribution in [0.15, 0.2) is 16.7 Å². The molecule has 2 aromatic rings. The van der Waals surface area contributed by atoms with Crippen LogP contribution in [0.1, 0.15) is 67.0 Å². The molecule has 1 fully saturated rings. The van der Waals surface area contributed by atoms with Crippen LogP contribution in [-0.4, -0.2) is 51.3 Å². The molecule has 29 heavy (non-hydrogen) atoms. The van der Waals surface area contributed by atoms with E-state index in [1.807, 2.05) is 13.8 Å². The number of aromatic nitrogens is 3. The summed E-state index contributed by atoms with van der Waals surface area (Å²) in [5.41, 5.74) is 1.02. The van der Waals surface area contributed by atoms with Crippen LogP contribution in [0, 0.1) is 12.8 Å². The zero-order chi connectivity index (χ0) is 20.7. The lowest BCUT2D eigenvalue weighted by molar-refractivity contribution is 0.0501. The second-order valence-corrected chi connectivity index (χ2v) is 8.43. The highest BCUT2D eigenvalue weighted by Gasteiger charge is 2.39. The molecule has 1 N–H and O–H groups in total. The zero-order valence-corrected chi connectivity index (χ0v) is 16.9. The average Bonchev–Trinajstić information content (AvgIpc) is 3.32. The Labute approximate surface area is 168 Å². The molecule has 4 heterocycles. The molecule has 0 radical (unpaired) electrons. The van der Waals surface area contributed by atoms with Crippen molar-refractivity contribution in [2.24, 2.45) is 5.92 Å². The average molecular weight is 407 g/mol. The number of hydrogen-bond donors (Lipinski definition) is 1. The minimum Gasteiger partial charge on any atom is -0.367 e. The summed E-state index contributed by atoms with van der Waals surface area (Å²) in [6.45, 7) is 6.91. The van der Waals surface area contributed by atoms with E-state index >= 15 is 0 Å². The molecule has 158 valence electrons. The van der Waals surface area contributed by atoms with E-state index < -0.39 is 12.5 Å². The Balaban J connectivity index is 1.48. The third-order valence-corrected chi connectivity index (χ3v) is 5.92. The number of nitrogens with zero attached hydrogens (tertiary/aromatic N) is 4. The molecule has 9 heteroatoms. The van der Waals surface area contributed by atoms with Crippen molar-refractivity contribution >= 4 is 11.7 Å². The first kappa shape index (κ1) is 19.8. The van der Waals surface area contributed by atoms with Crippen LogP contribution in [0.3, 0.4) is 0 Å². The van der Waals surface area contributed by atoms with Crippen LogP contribution in [0.2, 0.25) is 0 Å². The Bertz CT molecular complexity index is 878. The number of likely N-dealkylation sites (tertiary alicyclic amines) is 1. The van der Waals surface area contributed by atoms with Gasteiger partial charge in [0.15, 0.2) is 5.69 Å². The predicted molar refractivity (Wildman–Crippen MR) is 103 cm³/mol. The topological polar surface area (TPSA) is 76.2 Å². The molecule has 2 aromatic heterocycles. The highest BCUT2D eigenvalue weighted by Crippen LogP contribution is 2.36. The fourth-order valence-electron chi connectivity index (χ4n) is 4.35. The first-order chi connectivity index (χ1) is 13.8. The smallest absolute Gasteiger partial charge is 0.276 e. The summed E-state index contributed by atoms with van der Waals surface area (Å²) >= 11 is 0. The lowest BCUT2D eigenvalue weighted by Gasteiger charge is -2.41. The molecule has 0 bridgehead atoms. The monoisotopic (exact) mass is 407 g/mol. The van der Waals surface area contributed by atoms with Gasteiger partial charge in [-0.25, -0.2) is 13.5 Å². The maximum Gasteiger partial charge on any atom is 0.276 e. The summed E-state index contributed by atoms with van der Waals surface area (Å²) in [5.74, 6) is 1.40. The van der Waals surface area contributed by atoms with Crippen molar-refractivity contribution in [2.75, 3.05) is 18.4 Å². The molecule has 4 rings (SSSR count). The first-order valence-corrected chi connectivity index (χ1v) is 10.2. The third kappa shape index (κ3) is 3.86. The van der Waals surface area contributed by atoms with Crippen LogP contribution in [0.25, 0.3) is 0 Å². The molecule has 2 aliphatic heterocycles. The second kappa shape index (κ2) is 7.76. The zero-order valence-electron chi connectivity index (χ0n) is 16.9. The van der Waals surface area contributed by atoms with Gasteiger partial charge in [-0.05, 0) is 32.1 Å². The number of amides is 1. The summed E-state index contributed by atoms with van der Waals surface area (Å²) < 4.78 is 34.0. The van der Waals surface area contributed by atoms with Crippen molar-refractivity contribution in [3.05, 3.63) is 29.3 Å². The number of nitrogens with one attached hydrogen (secondary N) is 1. The number of aryl methyl sites for hydroxylation is 1. The van der Waals surface area contributed by atoms with Gasteiger partial charge < -0.3 is 14.7 Å². The Morgan fingerprint density at radius 3 is 2.83 bits per heavy atom. The van der Waals surface area contributed by atoms with Crippen LogP contribution >= 0.6 is 0 Å². The normalized spacial score (nSPS) is 24.7. The molecule has 0 aliphatic carbocycles. The van der Waals surface area contributed by atoms with E-state index in [2.05, 4.69) is 15.6 Å². The fourth-order valence-corrected chi connectivity index (χ4v) is 4.35. The Hall–Kier alpha value is -2.45. The standard InChI is InChI=1S/C20H27F2N5O2/c1-11(2)17-9-15(25-29-17)20(28)26-6-4-5-13(10-26)14-8-16(19(21)22)27-18(23-14)7-12(3)24-27/h7,9,11,13-14,16,19,23H,4-6,8,10H2,1-3H3/t13?,14-,16+/m0/s1. The number of carbonyl (C=O) groups excluding carboxylic acids is 1. The van der Waals surface area contributed by atoms with Crippen LogP contribution in [0.5, 0.6) is 0 Å². The van der Waals surface area contributed by atoms with Crippen molar-refractivity contribution in [3.63, 3.8) is 0 Å². The molecule has 7 nitrogen and oxygen atoms in total. The second-order valence-electron chi connectivity index (χ2n) is 8.43. The highest BCUT2D eigenvalue weighted by atomic mass is 19.3. The summed E-state index contributed by atoms with van der Waals surface area (Å²) in [6, 6.07) is 2.43. The fraction of sp³-hybridized carbons (Fsp3) is 0.650. The molecule has 1 unspecified atom stereocenters. The van der Waals surface area contributed by atoms with Gasteiger partial charge in [-0.1, -0.05) is 19.0 Å². The minimum atomic E-state index is -2.48. The molecule has 2 aliphatic rings. The summed E-state index contributed by atoms with van der Waals surface area (Å²) in [5, 5.41) is 11.5. The van der Waals surface area contributed by atoms with Gasteiger partial charge >= 0.3 is 0 Å². The number of halogens is 2. The quantitative estimate of drug-likeness (QED) is 0.833. The van der Waals surface area contributed by atoms with Crippen molar-refractivity contribution in [3.8, 4) is 0 Å². The maximum atomic E-state index is 13.7. The number of carbonyl (C=O) groups is 1. The van der Waals surface area contributed by atoms with Gasteiger partial charge in [0.25, 0.3) is 12.3 Å². The van der Waals surface area contributed by atoms with Gasteiger partial charge in [-0.3, -0.25) is 4.79 Å². The van der Waals surface area contributed by atoms with Gasteiger partial charge in [0.2, 0.25) is 0 Å². The van der Waals surface area contributed by atoms with Gasteiger partial charge in [0.1, 0.15) is 17.6 Å². The molecular weight excluding hydrogens is 380 g/mol. The van der Waals surface area contributed by atoms with Gasteiger partial charge in [0, 0.05) is 37.2 Å². The van der Waals surface area contributed by atoms with Crippen molar-refractivity contribution in [2.45, 2.75) is 64.5 Å². The Morgan fingerprint density at radius 2 is 2.14 bits per heavy atom. The molecule has 0 saturated carbocycles. The molecule has 1 amide bonds.